The number of carboxylic acids is 1. The van der Waals surface area contributed by atoms with Crippen LogP contribution in [0.1, 0.15) is 12.2 Å². The minimum absolute atomic E-state index is 0.107. The summed E-state index contributed by atoms with van der Waals surface area (Å²) >= 11 is 1.40. The van der Waals surface area contributed by atoms with Crippen LogP contribution in [-0.2, 0) is 11.3 Å². The van der Waals surface area contributed by atoms with Crippen LogP contribution in [0.25, 0.3) is 21.3 Å². The fourth-order valence-electron chi connectivity index (χ4n) is 2.60. The van der Waals surface area contributed by atoms with Gasteiger partial charge in [-0.25, -0.2) is 4.98 Å². The molecular weight excluding hydrogens is 328 g/mol. The van der Waals surface area contributed by atoms with Gasteiger partial charge in [0.15, 0.2) is 0 Å². The lowest BCUT2D eigenvalue weighted by molar-refractivity contribution is -0.137. The van der Waals surface area contributed by atoms with Gasteiger partial charge in [0.05, 0.1) is 18.9 Å². The highest BCUT2D eigenvalue weighted by Gasteiger charge is 2.16. The first-order valence-corrected chi connectivity index (χ1v) is 8.24. The smallest absolute Gasteiger partial charge is 0.305 e. The molecule has 3 aromatic rings. The largest absolute Gasteiger partial charge is 0.497 e. The summed E-state index contributed by atoms with van der Waals surface area (Å²) in [6.07, 6.45) is -0.118. The van der Waals surface area contributed by atoms with E-state index in [4.69, 9.17) is 9.84 Å². The molecule has 0 saturated heterocycles. The molecule has 6 nitrogen and oxygen atoms in total. The summed E-state index contributed by atoms with van der Waals surface area (Å²) in [5.41, 5.74) is 1.45. The van der Waals surface area contributed by atoms with Crippen molar-refractivity contribution in [1.29, 1.82) is 0 Å². The highest BCUT2D eigenvalue weighted by molar-refractivity contribution is 7.17. The van der Waals surface area contributed by atoms with Crippen molar-refractivity contribution < 1.29 is 14.6 Å². The van der Waals surface area contributed by atoms with Crippen molar-refractivity contribution in [2.45, 2.75) is 19.9 Å². The highest BCUT2D eigenvalue weighted by Crippen LogP contribution is 2.32. The molecule has 124 valence electrons. The second kappa shape index (κ2) is 6.45. The number of ether oxygens (including phenoxy) is 1. The van der Waals surface area contributed by atoms with Gasteiger partial charge in [0.2, 0.25) is 0 Å². The minimum Gasteiger partial charge on any atom is -0.497 e. The van der Waals surface area contributed by atoms with Crippen molar-refractivity contribution in [3.05, 3.63) is 45.8 Å². The van der Waals surface area contributed by atoms with Gasteiger partial charge in [-0.15, -0.1) is 11.3 Å². The summed E-state index contributed by atoms with van der Waals surface area (Å²) < 4.78 is 6.67. The van der Waals surface area contributed by atoms with E-state index in [0.29, 0.717) is 21.8 Å². The number of aromatic nitrogens is 2. The summed E-state index contributed by atoms with van der Waals surface area (Å²) in [4.78, 5) is 28.8. The number of nitrogens with zero attached hydrogens (tertiary/aromatic N) is 2. The zero-order valence-corrected chi connectivity index (χ0v) is 14.1. The Bertz CT molecular complexity index is 974. The number of aliphatic carboxylic acids is 1. The number of methoxy groups -OCH3 is 1. The Morgan fingerprint density at radius 2 is 2.21 bits per heavy atom. The van der Waals surface area contributed by atoms with Gasteiger partial charge >= 0.3 is 5.97 Å². The fraction of sp³-hybridized carbons (Fsp3) is 0.235. The van der Waals surface area contributed by atoms with E-state index in [-0.39, 0.29) is 18.5 Å². The first kappa shape index (κ1) is 16.2. The standard InChI is InChI=1S/C17H16N2O4S/c1-10-18-16-15(17(22)19(10)7-6-14(20)21)13(9-24-16)11-4-3-5-12(8-11)23-2/h3-5,8-9H,6-7H2,1-2H3,(H,20,21). The zero-order valence-electron chi connectivity index (χ0n) is 13.3. The van der Waals surface area contributed by atoms with Gasteiger partial charge in [-0.3, -0.25) is 14.2 Å². The van der Waals surface area contributed by atoms with Crippen LogP contribution in [0.15, 0.2) is 34.4 Å². The van der Waals surface area contributed by atoms with Crippen LogP contribution in [0, 0.1) is 6.92 Å². The van der Waals surface area contributed by atoms with Gasteiger partial charge in [0.1, 0.15) is 16.4 Å². The van der Waals surface area contributed by atoms with E-state index < -0.39 is 5.97 Å². The Labute approximate surface area is 142 Å². The molecule has 2 heterocycles. The van der Waals surface area contributed by atoms with E-state index >= 15 is 0 Å². The molecule has 0 aliphatic carbocycles. The van der Waals surface area contributed by atoms with Gasteiger partial charge in [0, 0.05) is 17.5 Å². The molecule has 0 amide bonds. The molecule has 0 bridgehead atoms. The number of carbonyl (C=O) groups is 1. The summed E-state index contributed by atoms with van der Waals surface area (Å²) in [6, 6.07) is 7.47. The maximum atomic E-state index is 12.9. The van der Waals surface area contributed by atoms with Gasteiger partial charge < -0.3 is 9.84 Å². The van der Waals surface area contributed by atoms with Crippen LogP contribution < -0.4 is 10.3 Å². The average molecular weight is 344 g/mol. The van der Waals surface area contributed by atoms with E-state index in [0.717, 1.165) is 11.1 Å². The Morgan fingerprint density at radius 3 is 2.92 bits per heavy atom. The number of thiophene rings is 1. The number of aryl methyl sites for hydroxylation is 1. The third-order valence-corrected chi connectivity index (χ3v) is 4.69. The third-order valence-electron chi connectivity index (χ3n) is 3.81. The topological polar surface area (TPSA) is 81.4 Å². The lowest BCUT2D eigenvalue weighted by Crippen LogP contribution is -2.24. The van der Waals surface area contributed by atoms with Crippen molar-refractivity contribution in [3.63, 3.8) is 0 Å². The minimum atomic E-state index is -0.945. The van der Waals surface area contributed by atoms with Crippen LogP contribution in [0.3, 0.4) is 0 Å². The fourth-order valence-corrected chi connectivity index (χ4v) is 3.58. The Morgan fingerprint density at radius 1 is 1.42 bits per heavy atom. The molecule has 24 heavy (non-hydrogen) atoms. The van der Waals surface area contributed by atoms with Crippen molar-refractivity contribution in [2.75, 3.05) is 7.11 Å². The van der Waals surface area contributed by atoms with Crippen molar-refractivity contribution in [1.82, 2.24) is 9.55 Å². The third kappa shape index (κ3) is 2.90. The first-order valence-electron chi connectivity index (χ1n) is 7.36. The maximum Gasteiger partial charge on any atom is 0.305 e. The van der Waals surface area contributed by atoms with E-state index in [1.165, 1.54) is 15.9 Å². The molecule has 0 radical (unpaired) electrons. The van der Waals surface area contributed by atoms with Crippen molar-refractivity contribution in [3.8, 4) is 16.9 Å². The number of hydrogen-bond donors (Lipinski definition) is 1. The number of benzene rings is 1. The lowest BCUT2D eigenvalue weighted by atomic mass is 10.1. The number of rotatable bonds is 5. The Balaban J connectivity index is 2.18. The van der Waals surface area contributed by atoms with Gasteiger partial charge in [-0.2, -0.15) is 0 Å². The van der Waals surface area contributed by atoms with Gasteiger partial charge in [-0.05, 0) is 24.6 Å². The molecule has 7 heteroatoms. The van der Waals surface area contributed by atoms with Crippen LogP contribution in [0.5, 0.6) is 5.75 Å². The van der Waals surface area contributed by atoms with E-state index in [9.17, 15) is 9.59 Å². The first-order chi connectivity index (χ1) is 11.5. The molecular formula is C17H16N2O4S. The molecule has 0 fully saturated rings. The normalized spacial score (nSPS) is 10.9. The van der Waals surface area contributed by atoms with E-state index in [1.807, 2.05) is 29.6 Å². The maximum absolute atomic E-state index is 12.9. The number of hydrogen-bond acceptors (Lipinski definition) is 5. The molecule has 0 unspecified atom stereocenters. The molecule has 1 aromatic carbocycles. The second-order valence-electron chi connectivity index (χ2n) is 5.32. The number of carboxylic acid groups (broad SMARTS) is 1. The second-order valence-corrected chi connectivity index (χ2v) is 6.18. The molecule has 2 aromatic heterocycles. The van der Waals surface area contributed by atoms with Crippen molar-refractivity contribution >= 4 is 27.5 Å². The molecule has 0 saturated carbocycles. The van der Waals surface area contributed by atoms with Crippen LogP contribution in [0.2, 0.25) is 0 Å². The predicted molar refractivity (Wildman–Crippen MR) is 92.9 cm³/mol. The molecule has 0 atom stereocenters. The van der Waals surface area contributed by atoms with Gasteiger partial charge in [0.25, 0.3) is 5.56 Å². The molecule has 3 rings (SSSR count). The van der Waals surface area contributed by atoms with Crippen LogP contribution in [0.4, 0.5) is 0 Å². The Hall–Kier alpha value is -2.67. The predicted octanol–water partition coefficient (Wildman–Crippen LogP) is 2.92. The molecule has 0 spiro atoms. The van der Waals surface area contributed by atoms with Crippen LogP contribution in [-0.4, -0.2) is 27.7 Å². The van der Waals surface area contributed by atoms with Crippen LogP contribution >= 0.6 is 11.3 Å². The molecule has 0 aliphatic rings. The van der Waals surface area contributed by atoms with Gasteiger partial charge in [-0.1, -0.05) is 12.1 Å². The number of fused-ring (bicyclic) bond motifs is 1. The summed E-state index contributed by atoms with van der Waals surface area (Å²) in [5.74, 6) is 0.283. The highest BCUT2D eigenvalue weighted by atomic mass is 32.1. The Kier molecular flexibility index (Phi) is 4.35. The molecule has 0 aliphatic heterocycles. The SMILES string of the molecule is COc1cccc(-c2csc3nc(C)n(CCC(=O)O)c(=O)c23)c1. The average Bonchev–Trinajstić information content (AvgIpc) is 2.98. The quantitative estimate of drug-likeness (QED) is 0.769. The van der Waals surface area contributed by atoms with Crippen molar-refractivity contribution in [2.24, 2.45) is 0 Å². The lowest BCUT2D eigenvalue weighted by Gasteiger charge is -2.09. The summed E-state index contributed by atoms with van der Waals surface area (Å²) in [7, 11) is 1.59. The summed E-state index contributed by atoms with van der Waals surface area (Å²) in [6.45, 7) is 1.82. The summed E-state index contributed by atoms with van der Waals surface area (Å²) in [5, 5.41) is 11.3. The molecule has 1 N–H and O–H groups in total. The van der Waals surface area contributed by atoms with E-state index in [1.54, 1.807) is 14.0 Å². The zero-order chi connectivity index (χ0) is 17.3. The monoisotopic (exact) mass is 344 g/mol. The van der Waals surface area contributed by atoms with E-state index in [2.05, 4.69) is 4.98 Å².